The number of H-pyrrole nitrogens is 1. The van der Waals surface area contributed by atoms with Gasteiger partial charge < -0.3 is 28.8 Å². The van der Waals surface area contributed by atoms with Gasteiger partial charge in [-0.15, -0.1) is 0 Å². The highest BCUT2D eigenvalue weighted by atomic mass is 16.5. The molecule has 0 saturated carbocycles. The maximum atomic E-state index is 14.1. The van der Waals surface area contributed by atoms with Gasteiger partial charge in [0.2, 0.25) is 5.75 Å². The summed E-state index contributed by atoms with van der Waals surface area (Å²) >= 11 is 0. The highest BCUT2D eigenvalue weighted by molar-refractivity contribution is 6.07. The number of hydrogen-bond acceptors (Lipinski definition) is 6. The third-order valence-corrected chi connectivity index (χ3v) is 5.93. The van der Waals surface area contributed by atoms with Gasteiger partial charge in [0.05, 0.1) is 33.5 Å². The molecule has 0 spiro atoms. The van der Waals surface area contributed by atoms with Crippen LogP contribution in [0.15, 0.2) is 71.5 Å². The van der Waals surface area contributed by atoms with Gasteiger partial charge in [0.25, 0.3) is 11.5 Å². The van der Waals surface area contributed by atoms with E-state index in [0.29, 0.717) is 59.6 Å². The van der Waals surface area contributed by atoms with Gasteiger partial charge in [-0.1, -0.05) is 24.3 Å². The second kappa shape index (κ2) is 12.2. The molecule has 1 aromatic heterocycles. The van der Waals surface area contributed by atoms with Crippen molar-refractivity contribution in [3.8, 4) is 23.0 Å². The molecule has 0 bridgehead atoms. The number of fused-ring (bicyclic) bond motifs is 1. The van der Waals surface area contributed by atoms with E-state index in [9.17, 15) is 9.59 Å². The molecule has 0 radical (unpaired) electrons. The van der Waals surface area contributed by atoms with Crippen molar-refractivity contribution < 1.29 is 23.7 Å². The van der Waals surface area contributed by atoms with Crippen molar-refractivity contribution in [1.82, 2.24) is 4.98 Å². The minimum Gasteiger partial charge on any atom is -0.497 e. The summed E-state index contributed by atoms with van der Waals surface area (Å²) in [6, 6.07) is 19.8. The van der Waals surface area contributed by atoms with Crippen molar-refractivity contribution in [1.29, 1.82) is 0 Å². The summed E-state index contributed by atoms with van der Waals surface area (Å²) in [4.78, 5) is 31.6. The lowest BCUT2D eigenvalue weighted by molar-refractivity contribution is 0.0984. The van der Waals surface area contributed by atoms with Gasteiger partial charge in [0.15, 0.2) is 11.5 Å². The third-order valence-electron chi connectivity index (χ3n) is 5.93. The van der Waals surface area contributed by atoms with E-state index >= 15 is 0 Å². The monoisotopic (exact) mass is 516 g/mol. The number of aromatic amines is 1. The first-order chi connectivity index (χ1) is 18.5. The number of methoxy groups -OCH3 is 1. The molecule has 8 heteroatoms. The SMILES string of the molecule is CCOc1cc(C(=O)N(Cc2cc3ccccc3[nH]c2=O)c2cccc(OC)c2)cc(OCC)c1OCC. The van der Waals surface area contributed by atoms with E-state index in [1.165, 1.54) is 0 Å². The smallest absolute Gasteiger partial charge is 0.258 e. The zero-order chi connectivity index (χ0) is 27.1. The molecule has 3 aromatic carbocycles. The Kier molecular flexibility index (Phi) is 8.53. The summed E-state index contributed by atoms with van der Waals surface area (Å²) in [6.45, 7) is 6.81. The molecule has 4 rings (SSSR count). The number of carbonyl (C=O) groups is 1. The molecule has 0 aliphatic rings. The van der Waals surface area contributed by atoms with Gasteiger partial charge in [-0.2, -0.15) is 0 Å². The minimum absolute atomic E-state index is 0.0350. The van der Waals surface area contributed by atoms with Crippen LogP contribution >= 0.6 is 0 Å². The maximum Gasteiger partial charge on any atom is 0.258 e. The molecule has 198 valence electrons. The van der Waals surface area contributed by atoms with Crippen LogP contribution in [0.25, 0.3) is 10.9 Å². The average molecular weight is 517 g/mol. The zero-order valence-corrected chi connectivity index (χ0v) is 22.1. The Morgan fingerprint density at radius 2 is 1.53 bits per heavy atom. The van der Waals surface area contributed by atoms with E-state index in [2.05, 4.69) is 4.98 Å². The lowest BCUT2D eigenvalue weighted by atomic mass is 10.1. The van der Waals surface area contributed by atoms with Crippen molar-refractivity contribution in [3.63, 3.8) is 0 Å². The quantitative estimate of drug-likeness (QED) is 0.280. The fourth-order valence-electron chi connectivity index (χ4n) is 4.21. The fourth-order valence-corrected chi connectivity index (χ4v) is 4.21. The second-order valence-corrected chi connectivity index (χ2v) is 8.40. The first-order valence-corrected chi connectivity index (χ1v) is 12.6. The molecule has 0 fully saturated rings. The molecule has 1 N–H and O–H groups in total. The minimum atomic E-state index is -0.337. The van der Waals surface area contributed by atoms with Gasteiger partial charge in [-0.25, -0.2) is 0 Å². The third kappa shape index (κ3) is 5.75. The summed E-state index contributed by atoms with van der Waals surface area (Å²) in [7, 11) is 1.56. The standard InChI is InChI=1S/C30H32N2O6/c1-5-36-26-16-21(17-27(37-6-2)28(26)38-7-3)30(34)32(23-12-10-13-24(18-23)35-4)19-22-15-20-11-8-9-14-25(20)31-29(22)33/h8-18H,5-7,19H2,1-4H3,(H,31,33). The lowest BCUT2D eigenvalue weighted by Crippen LogP contribution is -2.33. The largest absolute Gasteiger partial charge is 0.497 e. The number of aromatic nitrogens is 1. The van der Waals surface area contributed by atoms with Crippen LogP contribution in [0.1, 0.15) is 36.7 Å². The van der Waals surface area contributed by atoms with Gasteiger partial charge >= 0.3 is 0 Å². The van der Waals surface area contributed by atoms with Crippen molar-refractivity contribution in [3.05, 3.63) is 88.2 Å². The molecular formula is C30H32N2O6. The van der Waals surface area contributed by atoms with E-state index in [1.807, 2.05) is 51.1 Å². The maximum absolute atomic E-state index is 14.1. The highest BCUT2D eigenvalue weighted by Crippen LogP contribution is 2.40. The first kappa shape index (κ1) is 26.6. The molecular weight excluding hydrogens is 484 g/mol. The van der Waals surface area contributed by atoms with Crippen molar-refractivity contribution in [2.24, 2.45) is 0 Å². The van der Waals surface area contributed by atoms with Crippen molar-refractivity contribution in [2.75, 3.05) is 31.8 Å². The summed E-state index contributed by atoms with van der Waals surface area (Å²) in [5, 5.41) is 0.874. The Hall–Kier alpha value is -4.46. The molecule has 0 aliphatic carbocycles. The highest BCUT2D eigenvalue weighted by Gasteiger charge is 2.24. The Balaban J connectivity index is 1.84. The number of nitrogens with zero attached hydrogens (tertiary/aromatic N) is 1. The van der Waals surface area contributed by atoms with Gasteiger partial charge in [0.1, 0.15) is 5.75 Å². The predicted molar refractivity (Wildman–Crippen MR) is 148 cm³/mol. The first-order valence-electron chi connectivity index (χ1n) is 12.6. The van der Waals surface area contributed by atoms with Crippen molar-refractivity contribution >= 4 is 22.5 Å². The zero-order valence-electron chi connectivity index (χ0n) is 22.1. The van der Waals surface area contributed by atoms with Gasteiger partial charge in [-0.05, 0) is 62.6 Å². The molecule has 1 amide bonds. The Labute approximate surface area is 221 Å². The molecule has 0 unspecified atom stereocenters. The van der Waals surface area contributed by atoms with Crippen LogP contribution in [0.5, 0.6) is 23.0 Å². The Bertz CT molecular complexity index is 1450. The summed E-state index contributed by atoms with van der Waals surface area (Å²) < 4.78 is 22.9. The van der Waals surface area contributed by atoms with Crippen LogP contribution in [0, 0.1) is 0 Å². The molecule has 0 saturated heterocycles. The van der Waals surface area contributed by atoms with E-state index in [0.717, 1.165) is 10.9 Å². The van der Waals surface area contributed by atoms with Crippen LogP contribution in [0.3, 0.4) is 0 Å². The molecule has 1 heterocycles. The number of benzene rings is 3. The Morgan fingerprint density at radius 1 is 0.842 bits per heavy atom. The van der Waals surface area contributed by atoms with Gasteiger partial charge in [-0.3, -0.25) is 9.59 Å². The van der Waals surface area contributed by atoms with Crippen LogP contribution < -0.4 is 29.4 Å². The summed E-state index contributed by atoms with van der Waals surface area (Å²) in [6.07, 6.45) is 0. The lowest BCUT2D eigenvalue weighted by Gasteiger charge is -2.24. The predicted octanol–water partition coefficient (Wildman–Crippen LogP) is 5.58. The van der Waals surface area contributed by atoms with Crippen LogP contribution in [-0.4, -0.2) is 37.8 Å². The number of pyridine rings is 1. The molecule has 38 heavy (non-hydrogen) atoms. The van der Waals surface area contributed by atoms with Crippen LogP contribution in [0.2, 0.25) is 0 Å². The van der Waals surface area contributed by atoms with Crippen LogP contribution in [0.4, 0.5) is 5.69 Å². The number of nitrogens with one attached hydrogen (secondary N) is 1. The number of rotatable bonds is 11. The van der Waals surface area contributed by atoms with E-state index in [4.69, 9.17) is 18.9 Å². The second-order valence-electron chi connectivity index (χ2n) is 8.40. The number of anilines is 1. The summed E-state index contributed by atoms with van der Waals surface area (Å²) in [5.74, 6) is 1.53. The van der Waals surface area contributed by atoms with Crippen molar-refractivity contribution in [2.45, 2.75) is 27.3 Å². The molecule has 4 aromatic rings. The van der Waals surface area contributed by atoms with E-state index < -0.39 is 0 Å². The molecule has 0 atom stereocenters. The van der Waals surface area contributed by atoms with Gasteiger partial charge in [0, 0.05) is 28.4 Å². The fraction of sp³-hybridized carbons (Fsp3) is 0.267. The van der Waals surface area contributed by atoms with Crippen LogP contribution in [-0.2, 0) is 6.54 Å². The number of para-hydroxylation sites is 1. The molecule has 8 nitrogen and oxygen atoms in total. The Morgan fingerprint density at radius 3 is 2.18 bits per heavy atom. The summed E-state index contributed by atoms with van der Waals surface area (Å²) in [5.41, 5.74) is 1.82. The van der Waals surface area contributed by atoms with E-state index in [1.54, 1.807) is 48.4 Å². The average Bonchev–Trinajstić information content (AvgIpc) is 2.93. The number of hydrogen-bond donors (Lipinski definition) is 1. The normalized spacial score (nSPS) is 10.7. The number of ether oxygens (including phenoxy) is 4. The topological polar surface area (TPSA) is 90.1 Å². The number of carbonyl (C=O) groups excluding carboxylic acids is 1. The number of amides is 1. The van der Waals surface area contributed by atoms with E-state index in [-0.39, 0.29) is 18.0 Å². The molecule has 0 aliphatic heterocycles.